The lowest BCUT2D eigenvalue weighted by Crippen LogP contribution is -2.47. The van der Waals surface area contributed by atoms with Crippen molar-refractivity contribution in [3.8, 4) is 5.75 Å². The minimum Gasteiger partial charge on any atom is -0.495 e. The Morgan fingerprint density at radius 2 is 1.51 bits per heavy atom. The van der Waals surface area contributed by atoms with Gasteiger partial charge in [-0.3, -0.25) is 0 Å². The molecule has 9 nitrogen and oxygen atoms in total. The summed E-state index contributed by atoms with van der Waals surface area (Å²) in [6, 6.07) is 16.8. The molecule has 0 atom stereocenters. The molecule has 0 spiro atoms. The maximum absolute atomic E-state index is 13.6. The Labute approximate surface area is 264 Å². The van der Waals surface area contributed by atoms with Crippen molar-refractivity contribution in [3.63, 3.8) is 0 Å². The number of methoxy groups -OCH3 is 1. The molecule has 2 amide bonds. The number of sulfonamides is 1. The average Bonchev–Trinajstić information content (AvgIpc) is 2.99. The number of carbonyl (C=O) groups is 1. The van der Waals surface area contributed by atoms with Gasteiger partial charge in [0, 0.05) is 57.3 Å². The molecule has 1 heterocycles. The molecule has 4 rings (SSSR count). The van der Waals surface area contributed by atoms with Crippen LogP contribution in [0.15, 0.2) is 64.0 Å². The van der Waals surface area contributed by atoms with E-state index in [1.807, 2.05) is 64.1 Å². The highest BCUT2D eigenvalue weighted by Crippen LogP contribution is 2.34. The van der Waals surface area contributed by atoms with Crippen LogP contribution in [0.5, 0.6) is 5.75 Å². The van der Waals surface area contributed by atoms with Crippen LogP contribution in [0.25, 0.3) is 0 Å². The topological polar surface area (TPSA) is 85.4 Å². The van der Waals surface area contributed by atoms with Gasteiger partial charge in [0.15, 0.2) is 0 Å². The van der Waals surface area contributed by atoms with E-state index in [9.17, 15) is 13.2 Å². The Hall–Kier alpha value is -3.28. The zero-order chi connectivity index (χ0) is 31.3. The molecule has 232 valence electrons. The van der Waals surface area contributed by atoms with Gasteiger partial charge in [-0.25, -0.2) is 13.2 Å². The van der Waals surface area contributed by atoms with E-state index in [2.05, 4.69) is 37.1 Å². The third kappa shape index (κ3) is 7.27. The van der Waals surface area contributed by atoms with Gasteiger partial charge < -0.3 is 24.8 Å². The molecule has 0 radical (unpaired) electrons. The number of carbonyl (C=O) groups excluding carboxylic acids is 1. The third-order valence-corrected chi connectivity index (χ3v) is 10.5. The molecule has 11 heteroatoms. The smallest absolute Gasteiger partial charge is 0.321 e. The second-order valence-electron chi connectivity index (χ2n) is 10.7. The molecule has 0 saturated carbocycles. The van der Waals surface area contributed by atoms with Crippen LogP contribution in [0.4, 0.5) is 21.9 Å². The number of para-hydroxylation sites is 2. The summed E-state index contributed by atoms with van der Waals surface area (Å²) in [7, 11) is -0.297. The summed E-state index contributed by atoms with van der Waals surface area (Å²) in [5.74, 6) is 0.828. The Morgan fingerprint density at radius 1 is 0.930 bits per heavy atom. The zero-order valence-corrected chi connectivity index (χ0v) is 28.3. The van der Waals surface area contributed by atoms with E-state index in [1.165, 1.54) is 4.31 Å². The first kappa shape index (κ1) is 32.6. The van der Waals surface area contributed by atoms with E-state index in [4.69, 9.17) is 4.74 Å². The number of anilines is 3. The number of rotatable bonds is 10. The van der Waals surface area contributed by atoms with Gasteiger partial charge in [-0.2, -0.15) is 4.31 Å². The van der Waals surface area contributed by atoms with E-state index in [0.29, 0.717) is 38.4 Å². The second kappa shape index (κ2) is 14.0. The Bertz CT molecular complexity index is 1530. The fourth-order valence-corrected chi connectivity index (χ4v) is 7.72. The van der Waals surface area contributed by atoms with Crippen LogP contribution >= 0.6 is 15.9 Å². The molecule has 1 fully saturated rings. The van der Waals surface area contributed by atoms with Gasteiger partial charge in [0.1, 0.15) is 5.75 Å². The summed E-state index contributed by atoms with van der Waals surface area (Å²) in [4.78, 5) is 19.8. The molecule has 0 aliphatic carbocycles. The predicted octanol–water partition coefficient (Wildman–Crippen LogP) is 6.10. The third-order valence-electron chi connectivity index (χ3n) is 8.00. The molecular formula is C32H42BrN5O4S. The number of nitrogens with zero attached hydrogens (tertiary/aromatic N) is 4. The number of piperazine rings is 1. The lowest BCUT2D eigenvalue weighted by atomic mass is 10.0. The van der Waals surface area contributed by atoms with Gasteiger partial charge in [0.05, 0.1) is 29.1 Å². The molecule has 43 heavy (non-hydrogen) atoms. The fraction of sp³-hybridized carbons (Fsp3) is 0.406. The van der Waals surface area contributed by atoms with Crippen molar-refractivity contribution in [1.82, 2.24) is 9.21 Å². The highest BCUT2D eigenvalue weighted by atomic mass is 79.9. The summed E-state index contributed by atoms with van der Waals surface area (Å²) >= 11 is 3.54. The highest BCUT2D eigenvalue weighted by Gasteiger charge is 2.27. The van der Waals surface area contributed by atoms with Crippen LogP contribution in [0.2, 0.25) is 0 Å². The van der Waals surface area contributed by atoms with Crippen LogP contribution in [-0.4, -0.2) is 77.1 Å². The van der Waals surface area contributed by atoms with Gasteiger partial charge in [-0.15, -0.1) is 0 Å². The quantitative estimate of drug-likeness (QED) is 0.281. The number of benzene rings is 3. The summed E-state index contributed by atoms with van der Waals surface area (Å²) < 4.78 is 34.8. The number of hydrogen-bond acceptors (Lipinski definition) is 6. The number of hydrogen-bond donors (Lipinski definition) is 1. The fourth-order valence-electron chi connectivity index (χ4n) is 5.55. The highest BCUT2D eigenvalue weighted by molar-refractivity contribution is 9.10. The second-order valence-corrected chi connectivity index (χ2v) is 13.6. The van der Waals surface area contributed by atoms with Crippen molar-refractivity contribution >= 4 is 49.0 Å². The van der Waals surface area contributed by atoms with Gasteiger partial charge in [0.2, 0.25) is 10.0 Å². The Balaban J connectivity index is 1.62. The van der Waals surface area contributed by atoms with Crippen molar-refractivity contribution in [1.29, 1.82) is 0 Å². The predicted molar refractivity (Wildman–Crippen MR) is 178 cm³/mol. The molecule has 3 aromatic rings. The number of nitrogens with one attached hydrogen (secondary N) is 1. The number of aryl methyl sites for hydroxylation is 2. The van der Waals surface area contributed by atoms with Gasteiger partial charge in [-0.05, 0) is 73.0 Å². The maximum Gasteiger partial charge on any atom is 0.321 e. The molecule has 3 aromatic carbocycles. The SMILES string of the molecule is CCN(CC)S(=O)(=O)c1ccc(N2CCN(c3ccccc3OC)CC2)c(NC(=O)N(C)Cc2c(C)cc(Br)cc2C)c1. The van der Waals surface area contributed by atoms with Crippen LogP contribution in [0.1, 0.15) is 30.5 Å². The van der Waals surface area contributed by atoms with E-state index >= 15 is 0 Å². The van der Waals surface area contributed by atoms with Gasteiger partial charge in [0.25, 0.3) is 0 Å². The monoisotopic (exact) mass is 671 g/mol. The first-order valence-corrected chi connectivity index (χ1v) is 16.8. The molecule has 1 aliphatic heterocycles. The number of amides is 2. The van der Waals surface area contributed by atoms with Crippen molar-refractivity contribution < 1.29 is 17.9 Å². The summed E-state index contributed by atoms with van der Waals surface area (Å²) in [5.41, 5.74) is 5.56. The van der Waals surface area contributed by atoms with Gasteiger partial charge in [-0.1, -0.05) is 41.9 Å². The van der Waals surface area contributed by atoms with Crippen molar-refractivity contribution in [2.24, 2.45) is 0 Å². The zero-order valence-electron chi connectivity index (χ0n) is 25.9. The average molecular weight is 673 g/mol. The normalized spacial score (nSPS) is 13.8. The largest absolute Gasteiger partial charge is 0.495 e. The van der Waals surface area contributed by atoms with Crippen LogP contribution in [-0.2, 0) is 16.6 Å². The van der Waals surface area contributed by atoms with Gasteiger partial charge >= 0.3 is 6.03 Å². The van der Waals surface area contributed by atoms with Crippen LogP contribution < -0.4 is 19.9 Å². The molecule has 0 unspecified atom stereocenters. The van der Waals surface area contributed by atoms with E-state index < -0.39 is 10.0 Å². The van der Waals surface area contributed by atoms with E-state index in [-0.39, 0.29) is 10.9 Å². The molecule has 1 aliphatic rings. The molecule has 0 bridgehead atoms. The Morgan fingerprint density at radius 3 is 2.09 bits per heavy atom. The molecule has 1 saturated heterocycles. The van der Waals surface area contributed by atoms with Crippen molar-refractivity contribution in [3.05, 3.63) is 75.8 Å². The first-order chi connectivity index (χ1) is 20.5. The Kier molecular flexibility index (Phi) is 10.6. The summed E-state index contributed by atoms with van der Waals surface area (Å²) in [6.07, 6.45) is 0. The minimum atomic E-state index is -3.72. The van der Waals surface area contributed by atoms with E-state index in [0.717, 1.165) is 51.4 Å². The molecular weight excluding hydrogens is 630 g/mol. The molecule has 0 aromatic heterocycles. The number of ether oxygens (including phenoxy) is 1. The standard InChI is InChI=1S/C32H42BrN5O4S/c1-7-38(8-2)43(40,41)26-13-14-29(36-15-17-37(18-16-36)30-11-9-10-12-31(30)42-6)28(21-26)34-32(39)35(5)22-27-23(3)19-25(33)20-24(27)4/h9-14,19-21H,7-8,15-18,22H2,1-6H3,(H,34,39). The molecule has 1 N–H and O–H groups in total. The van der Waals surface area contributed by atoms with Crippen LogP contribution in [0.3, 0.4) is 0 Å². The lowest BCUT2D eigenvalue weighted by molar-refractivity contribution is 0.220. The first-order valence-electron chi connectivity index (χ1n) is 14.5. The number of halogens is 1. The lowest BCUT2D eigenvalue weighted by Gasteiger charge is -2.38. The minimum absolute atomic E-state index is 0.158. The van der Waals surface area contributed by atoms with Crippen molar-refractivity contribution in [2.75, 3.05) is 68.5 Å². The summed E-state index contributed by atoms with van der Waals surface area (Å²) in [5, 5.41) is 3.05. The number of urea groups is 1. The van der Waals surface area contributed by atoms with E-state index in [1.54, 1.807) is 31.2 Å². The summed E-state index contributed by atoms with van der Waals surface area (Å²) in [6.45, 7) is 11.7. The van der Waals surface area contributed by atoms with Crippen molar-refractivity contribution in [2.45, 2.75) is 39.1 Å². The maximum atomic E-state index is 13.6. The van der Waals surface area contributed by atoms with Crippen LogP contribution in [0, 0.1) is 13.8 Å².